The minimum Gasteiger partial charge on any atom is -0.481 e. The Morgan fingerprint density at radius 1 is 1.90 bits per heavy atom. The van der Waals surface area contributed by atoms with Gasteiger partial charge in [0.05, 0.1) is 5.92 Å². The van der Waals surface area contributed by atoms with Gasteiger partial charge in [-0.05, 0) is 25.7 Å². The quantitative estimate of drug-likeness (QED) is 0.602. The summed E-state index contributed by atoms with van der Waals surface area (Å²) >= 11 is 0. The number of carboxylic acids is 1. The van der Waals surface area contributed by atoms with Crippen molar-refractivity contribution in [1.82, 2.24) is 0 Å². The van der Waals surface area contributed by atoms with Gasteiger partial charge >= 0.3 is 5.97 Å². The Bertz CT molecular complexity index is 145. The van der Waals surface area contributed by atoms with E-state index in [0.717, 1.165) is 12.8 Å². The van der Waals surface area contributed by atoms with Crippen molar-refractivity contribution >= 4 is 5.97 Å². The molecule has 3 atom stereocenters. The molecule has 3 nitrogen and oxygen atoms in total. The highest BCUT2D eigenvalue weighted by Crippen LogP contribution is 2.41. The molecule has 0 saturated heterocycles. The first-order valence-electron chi connectivity index (χ1n) is 3.59. The number of hydrogen-bond acceptors (Lipinski definition) is 2. The van der Waals surface area contributed by atoms with Crippen molar-refractivity contribution in [3.8, 4) is 0 Å². The molecule has 0 bridgehead atoms. The number of aliphatic carboxylic acids is 1. The molecule has 3 unspecified atom stereocenters. The molecule has 3 N–H and O–H groups in total. The molecule has 0 heterocycles. The van der Waals surface area contributed by atoms with Crippen LogP contribution in [-0.2, 0) is 4.79 Å². The highest BCUT2D eigenvalue weighted by molar-refractivity contribution is 5.73. The van der Waals surface area contributed by atoms with Crippen LogP contribution in [0.15, 0.2) is 0 Å². The molecule has 1 saturated carbocycles. The Morgan fingerprint density at radius 2 is 2.50 bits per heavy atom. The standard InChI is InChI=1S/C7H13NO2/c1-4(8)2-5-3-6(5)7(9)10/h4-6H,2-3,8H2,1H3,(H,9,10). The minimum absolute atomic E-state index is 0.0917. The van der Waals surface area contributed by atoms with E-state index in [-0.39, 0.29) is 12.0 Å². The van der Waals surface area contributed by atoms with E-state index in [0.29, 0.717) is 5.92 Å². The summed E-state index contributed by atoms with van der Waals surface area (Å²) in [6.45, 7) is 1.91. The molecule has 1 aliphatic rings. The Kier molecular flexibility index (Phi) is 1.94. The lowest BCUT2D eigenvalue weighted by Gasteiger charge is -2.00. The fourth-order valence-electron chi connectivity index (χ4n) is 1.29. The van der Waals surface area contributed by atoms with Gasteiger partial charge in [0.15, 0.2) is 0 Å². The number of hydrogen-bond donors (Lipinski definition) is 2. The average Bonchev–Trinajstić information content (AvgIpc) is 2.43. The maximum atomic E-state index is 10.3. The molecule has 0 aromatic heterocycles. The lowest BCUT2D eigenvalue weighted by atomic mass is 10.1. The highest BCUT2D eigenvalue weighted by atomic mass is 16.4. The Labute approximate surface area is 60.2 Å². The van der Waals surface area contributed by atoms with Crippen molar-refractivity contribution in [3.63, 3.8) is 0 Å². The monoisotopic (exact) mass is 143 g/mol. The van der Waals surface area contributed by atoms with Crippen LogP contribution < -0.4 is 5.73 Å². The zero-order valence-corrected chi connectivity index (χ0v) is 6.08. The van der Waals surface area contributed by atoms with Gasteiger partial charge in [-0.15, -0.1) is 0 Å². The average molecular weight is 143 g/mol. The molecule has 0 aromatic rings. The zero-order chi connectivity index (χ0) is 7.72. The van der Waals surface area contributed by atoms with Crippen LogP contribution in [0.25, 0.3) is 0 Å². The highest BCUT2D eigenvalue weighted by Gasteiger charge is 2.42. The van der Waals surface area contributed by atoms with Gasteiger partial charge in [-0.3, -0.25) is 4.79 Å². The van der Waals surface area contributed by atoms with Crippen molar-refractivity contribution in [1.29, 1.82) is 0 Å². The summed E-state index contributed by atoms with van der Waals surface area (Å²) in [5.74, 6) is -0.394. The van der Waals surface area contributed by atoms with Crippen molar-refractivity contribution in [3.05, 3.63) is 0 Å². The number of nitrogens with two attached hydrogens (primary N) is 1. The molecule has 0 aliphatic heterocycles. The van der Waals surface area contributed by atoms with E-state index >= 15 is 0 Å². The van der Waals surface area contributed by atoms with Crippen molar-refractivity contribution in [2.45, 2.75) is 25.8 Å². The van der Waals surface area contributed by atoms with Crippen LogP contribution in [0.4, 0.5) is 0 Å². The predicted octanol–water partition coefficient (Wildman–Crippen LogP) is 0.444. The van der Waals surface area contributed by atoms with Gasteiger partial charge in [0, 0.05) is 6.04 Å². The van der Waals surface area contributed by atoms with Gasteiger partial charge in [-0.25, -0.2) is 0 Å². The van der Waals surface area contributed by atoms with Gasteiger partial charge in [0.1, 0.15) is 0 Å². The van der Waals surface area contributed by atoms with Crippen molar-refractivity contribution < 1.29 is 9.90 Å². The van der Waals surface area contributed by atoms with Crippen LogP contribution in [0.3, 0.4) is 0 Å². The zero-order valence-electron chi connectivity index (χ0n) is 6.08. The molecule has 1 rings (SSSR count). The SMILES string of the molecule is CC(N)CC1CC1C(=O)O. The van der Waals surface area contributed by atoms with E-state index in [1.807, 2.05) is 6.92 Å². The molecule has 0 radical (unpaired) electrons. The number of carboxylic acid groups (broad SMARTS) is 1. The van der Waals surface area contributed by atoms with Crippen LogP contribution in [0.2, 0.25) is 0 Å². The summed E-state index contributed by atoms with van der Waals surface area (Å²) in [7, 11) is 0. The second kappa shape index (κ2) is 2.58. The Hall–Kier alpha value is -0.570. The van der Waals surface area contributed by atoms with Gasteiger partial charge < -0.3 is 10.8 Å². The summed E-state index contributed by atoms with van der Waals surface area (Å²) in [5.41, 5.74) is 5.50. The predicted molar refractivity (Wildman–Crippen MR) is 37.5 cm³/mol. The van der Waals surface area contributed by atoms with Gasteiger partial charge in [0.2, 0.25) is 0 Å². The molecule has 0 aromatic carbocycles. The van der Waals surface area contributed by atoms with Crippen LogP contribution in [0, 0.1) is 11.8 Å². The van der Waals surface area contributed by atoms with E-state index in [2.05, 4.69) is 0 Å². The minimum atomic E-state index is -0.661. The molecular formula is C7H13NO2. The first-order chi connectivity index (χ1) is 4.61. The second-order valence-electron chi connectivity index (χ2n) is 3.15. The fraction of sp³-hybridized carbons (Fsp3) is 0.857. The van der Waals surface area contributed by atoms with Gasteiger partial charge in [-0.1, -0.05) is 0 Å². The van der Waals surface area contributed by atoms with E-state index in [1.165, 1.54) is 0 Å². The third-order valence-corrected chi connectivity index (χ3v) is 1.91. The van der Waals surface area contributed by atoms with Crippen molar-refractivity contribution in [2.24, 2.45) is 17.6 Å². The number of rotatable bonds is 3. The second-order valence-corrected chi connectivity index (χ2v) is 3.15. The molecular weight excluding hydrogens is 130 g/mol. The van der Waals surface area contributed by atoms with Crippen molar-refractivity contribution in [2.75, 3.05) is 0 Å². The number of carbonyl (C=O) groups is 1. The van der Waals surface area contributed by atoms with Crippen LogP contribution in [-0.4, -0.2) is 17.1 Å². The van der Waals surface area contributed by atoms with Crippen LogP contribution in [0.1, 0.15) is 19.8 Å². The largest absolute Gasteiger partial charge is 0.481 e. The maximum absolute atomic E-state index is 10.3. The molecule has 0 amide bonds. The lowest BCUT2D eigenvalue weighted by Crippen LogP contribution is -2.16. The summed E-state index contributed by atoms with van der Waals surface area (Å²) in [4.78, 5) is 10.3. The first-order valence-corrected chi connectivity index (χ1v) is 3.59. The first kappa shape index (κ1) is 7.54. The van der Waals surface area contributed by atoms with Crippen LogP contribution >= 0.6 is 0 Å². The normalized spacial score (nSPS) is 33.4. The smallest absolute Gasteiger partial charge is 0.306 e. The topological polar surface area (TPSA) is 63.3 Å². The molecule has 10 heavy (non-hydrogen) atoms. The molecule has 1 aliphatic carbocycles. The Morgan fingerprint density at radius 3 is 2.80 bits per heavy atom. The molecule has 1 fully saturated rings. The lowest BCUT2D eigenvalue weighted by molar-refractivity contribution is -0.138. The molecule has 58 valence electrons. The van der Waals surface area contributed by atoms with E-state index in [9.17, 15) is 4.79 Å². The maximum Gasteiger partial charge on any atom is 0.306 e. The van der Waals surface area contributed by atoms with Crippen LogP contribution in [0.5, 0.6) is 0 Å². The molecule has 0 spiro atoms. The van der Waals surface area contributed by atoms with E-state index in [1.54, 1.807) is 0 Å². The molecule has 3 heteroatoms. The van der Waals surface area contributed by atoms with Gasteiger partial charge in [-0.2, -0.15) is 0 Å². The fourth-order valence-corrected chi connectivity index (χ4v) is 1.29. The van der Waals surface area contributed by atoms with E-state index in [4.69, 9.17) is 10.8 Å². The third kappa shape index (κ3) is 1.70. The summed E-state index contributed by atoms with van der Waals surface area (Å²) in [6.07, 6.45) is 1.69. The third-order valence-electron chi connectivity index (χ3n) is 1.91. The summed E-state index contributed by atoms with van der Waals surface area (Å²) in [5, 5.41) is 8.50. The van der Waals surface area contributed by atoms with Gasteiger partial charge in [0.25, 0.3) is 0 Å². The van der Waals surface area contributed by atoms with E-state index < -0.39 is 5.97 Å². The summed E-state index contributed by atoms with van der Waals surface area (Å²) in [6, 6.07) is 0.148. The Balaban J connectivity index is 2.20. The summed E-state index contributed by atoms with van der Waals surface area (Å²) < 4.78 is 0.